The largest absolute Gasteiger partial charge is 0.369 e. The maximum atomic E-state index is 12.8. The van der Waals surface area contributed by atoms with Crippen molar-refractivity contribution in [1.29, 1.82) is 0 Å². The number of nitrogens with one attached hydrogen (secondary N) is 3. The summed E-state index contributed by atoms with van der Waals surface area (Å²) in [6.07, 6.45) is 5.84. The molecule has 0 radical (unpaired) electrons. The van der Waals surface area contributed by atoms with Crippen molar-refractivity contribution in [2.75, 3.05) is 17.7 Å². The van der Waals surface area contributed by atoms with Gasteiger partial charge in [-0.25, -0.2) is 0 Å². The molecule has 0 heterocycles. The van der Waals surface area contributed by atoms with Gasteiger partial charge in [-0.2, -0.15) is 20.4 Å². The van der Waals surface area contributed by atoms with Crippen LogP contribution < -0.4 is 50.5 Å². The van der Waals surface area contributed by atoms with Gasteiger partial charge in [-0.05, 0) is 76.9 Å². The van der Waals surface area contributed by atoms with Gasteiger partial charge >= 0.3 is 0 Å². The van der Waals surface area contributed by atoms with Crippen LogP contribution in [0.15, 0.2) is 72.1 Å². The van der Waals surface area contributed by atoms with E-state index in [2.05, 4.69) is 51.8 Å². The normalized spacial score (nSPS) is 12.1. The monoisotopic (exact) mass is 716 g/mol. The Hall–Kier alpha value is -6.33. The van der Waals surface area contributed by atoms with Gasteiger partial charge in [-0.15, -0.1) is 15.3 Å². The molecule has 2 aromatic carbocycles. The summed E-state index contributed by atoms with van der Waals surface area (Å²) in [5.74, 6) is -0.731. The average Bonchev–Trinajstić information content (AvgIpc) is 3.09. The number of rotatable bonds is 19. The number of carbonyl (C=O) groups is 2. The molecule has 2 aromatic rings. The summed E-state index contributed by atoms with van der Waals surface area (Å²) in [4.78, 5) is 25.6. The SMILES string of the molecule is CN/N=C(\C)c1cc(NC(=O)CCCCCCCCC(=O)Nc2cc(/C(C)=N/N=C(N)N)cc(/C(C)=N/N=C(N)N)c2)cc(/C(C)=N/N=C(N)N)c1. The van der Waals surface area contributed by atoms with Crippen molar-refractivity contribution in [1.82, 2.24) is 5.43 Å². The first-order chi connectivity index (χ1) is 24.7. The Labute approximate surface area is 304 Å². The topological polar surface area (TPSA) is 313 Å². The molecule has 18 nitrogen and oxygen atoms in total. The molecule has 18 heteroatoms. The van der Waals surface area contributed by atoms with Crippen LogP contribution in [0, 0.1) is 0 Å². The lowest BCUT2D eigenvalue weighted by molar-refractivity contribution is -0.117. The zero-order valence-electron chi connectivity index (χ0n) is 30.5. The van der Waals surface area contributed by atoms with Gasteiger partial charge in [0.1, 0.15) is 0 Å². The van der Waals surface area contributed by atoms with E-state index in [1.54, 1.807) is 40.0 Å². The molecule has 280 valence electrons. The standard InChI is InChI=1S/C34H52N16O2/c1-20(44-41-5)24-14-25(21(2)45-48-32(35)36)17-28(16-24)42-30(51)12-10-8-6-7-9-11-13-31(52)43-29-18-26(22(3)46-49-33(37)38)15-27(19-29)23(4)47-50-34(39)40/h14-19,41H,6-13H2,1-5H3,(H,42,51)(H,43,52)(H4,35,36,48)(H4,37,38,49)(H4,39,40,50)/b44-20+,45-21+,46-22+,47-23+. The minimum atomic E-state index is -0.179. The number of nitrogens with zero attached hydrogens (tertiary/aromatic N) is 7. The summed E-state index contributed by atoms with van der Waals surface area (Å²) in [6.45, 7) is 7.10. The molecule has 0 aromatic heterocycles. The van der Waals surface area contributed by atoms with E-state index in [9.17, 15) is 9.59 Å². The van der Waals surface area contributed by atoms with Gasteiger partial charge in [0, 0.05) is 53.5 Å². The summed E-state index contributed by atoms with van der Waals surface area (Å²) in [6, 6.07) is 10.9. The molecular weight excluding hydrogens is 664 g/mol. The average molecular weight is 717 g/mol. The Morgan fingerprint density at radius 1 is 0.481 bits per heavy atom. The molecule has 0 saturated carbocycles. The first-order valence-electron chi connectivity index (χ1n) is 16.7. The predicted molar refractivity (Wildman–Crippen MR) is 212 cm³/mol. The molecule has 0 saturated heterocycles. The lowest BCUT2D eigenvalue weighted by atomic mass is 10.0. The van der Waals surface area contributed by atoms with Crippen LogP contribution in [-0.4, -0.2) is 59.6 Å². The molecule has 0 aliphatic carbocycles. The van der Waals surface area contributed by atoms with E-state index in [0.29, 0.717) is 52.5 Å². The number of hydrogen-bond acceptors (Lipinski definition) is 10. The predicted octanol–water partition coefficient (Wildman–Crippen LogP) is 2.32. The van der Waals surface area contributed by atoms with Crippen LogP contribution in [0.1, 0.15) is 101 Å². The summed E-state index contributed by atoms with van der Waals surface area (Å²) < 4.78 is 0. The van der Waals surface area contributed by atoms with Crippen molar-refractivity contribution in [3.8, 4) is 0 Å². The third-order valence-electron chi connectivity index (χ3n) is 7.39. The van der Waals surface area contributed by atoms with E-state index in [-0.39, 0.29) is 29.7 Å². The molecule has 0 aliphatic heterocycles. The fraction of sp³-hybridized carbons (Fsp3) is 0.382. The van der Waals surface area contributed by atoms with Crippen LogP contribution in [0.2, 0.25) is 0 Å². The maximum Gasteiger partial charge on any atom is 0.224 e. The van der Waals surface area contributed by atoms with E-state index >= 15 is 0 Å². The summed E-state index contributed by atoms with van der Waals surface area (Å²) in [5.41, 5.74) is 41.6. The van der Waals surface area contributed by atoms with Crippen molar-refractivity contribution >= 4 is 63.9 Å². The van der Waals surface area contributed by atoms with Crippen molar-refractivity contribution in [3.05, 3.63) is 58.7 Å². The van der Waals surface area contributed by atoms with Crippen LogP contribution in [-0.2, 0) is 9.59 Å². The Morgan fingerprint density at radius 2 is 0.788 bits per heavy atom. The molecule has 52 heavy (non-hydrogen) atoms. The van der Waals surface area contributed by atoms with E-state index in [1.807, 2.05) is 31.2 Å². The maximum absolute atomic E-state index is 12.8. The Kier molecular flexibility index (Phi) is 17.5. The molecule has 0 aliphatic rings. The zero-order chi connectivity index (χ0) is 38.6. The number of anilines is 2. The molecule has 2 rings (SSSR count). The number of carbonyl (C=O) groups excluding carboxylic acids is 2. The van der Waals surface area contributed by atoms with Crippen molar-refractivity contribution < 1.29 is 9.59 Å². The highest BCUT2D eigenvalue weighted by atomic mass is 16.2. The van der Waals surface area contributed by atoms with E-state index in [1.165, 1.54) is 0 Å². The number of amides is 2. The van der Waals surface area contributed by atoms with E-state index in [4.69, 9.17) is 34.4 Å². The van der Waals surface area contributed by atoms with Crippen LogP contribution in [0.25, 0.3) is 0 Å². The Balaban J connectivity index is 1.88. The molecule has 0 unspecified atom stereocenters. The number of unbranched alkanes of at least 4 members (excludes halogenated alkanes) is 5. The van der Waals surface area contributed by atoms with Crippen molar-refractivity contribution in [3.63, 3.8) is 0 Å². The van der Waals surface area contributed by atoms with E-state index in [0.717, 1.165) is 55.4 Å². The van der Waals surface area contributed by atoms with Crippen LogP contribution in [0.5, 0.6) is 0 Å². The minimum Gasteiger partial charge on any atom is -0.369 e. The van der Waals surface area contributed by atoms with Crippen molar-refractivity contribution in [2.45, 2.75) is 79.1 Å². The first kappa shape index (κ1) is 41.8. The van der Waals surface area contributed by atoms with Crippen LogP contribution in [0.4, 0.5) is 11.4 Å². The third-order valence-corrected chi connectivity index (χ3v) is 7.39. The van der Waals surface area contributed by atoms with Crippen molar-refractivity contribution in [2.24, 2.45) is 70.1 Å². The molecular formula is C34H52N16O2. The zero-order valence-corrected chi connectivity index (χ0v) is 30.5. The number of guanidine groups is 3. The van der Waals surface area contributed by atoms with Gasteiger partial charge < -0.3 is 50.5 Å². The van der Waals surface area contributed by atoms with Gasteiger partial charge in [-0.3, -0.25) is 9.59 Å². The molecule has 2 amide bonds. The Bertz CT molecular complexity index is 1710. The molecule has 15 N–H and O–H groups in total. The number of hydrazone groups is 1. The molecule has 0 bridgehead atoms. The van der Waals surface area contributed by atoms with Gasteiger partial charge in [0.15, 0.2) is 0 Å². The van der Waals surface area contributed by atoms with Gasteiger partial charge in [0.05, 0.1) is 22.8 Å². The third kappa shape index (κ3) is 15.9. The number of benzene rings is 2. The van der Waals surface area contributed by atoms with Gasteiger partial charge in [0.2, 0.25) is 29.7 Å². The molecule has 0 atom stereocenters. The quantitative estimate of drug-likeness (QED) is 0.0445. The minimum absolute atomic E-state index is 0.0931. The number of nitrogens with two attached hydrogens (primary N) is 6. The highest BCUT2D eigenvalue weighted by Gasteiger charge is 2.11. The Morgan fingerprint density at radius 3 is 1.10 bits per heavy atom. The van der Waals surface area contributed by atoms with Crippen LogP contribution in [0.3, 0.4) is 0 Å². The molecule has 0 fully saturated rings. The van der Waals surface area contributed by atoms with E-state index < -0.39 is 0 Å². The van der Waals surface area contributed by atoms with Gasteiger partial charge in [-0.1, -0.05) is 25.7 Å². The first-order valence-corrected chi connectivity index (χ1v) is 16.7. The van der Waals surface area contributed by atoms with Gasteiger partial charge in [0.25, 0.3) is 0 Å². The summed E-state index contributed by atoms with van der Waals surface area (Å²) in [5, 5.41) is 33.4. The fourth-order valence-corrected chi connectivity index (χ4v) is 4.76. The second kappa shape index (κ2) is 21.7. The number of hydrogen-bond donors (Lipinski definition) is 9. The summed E-state index contributed by atoms with van der Waals surface area (Å²) >= 11 is 0. The van der Waals surface area contributed by atoms with Crippen LogP contribution >= 0.6 is 0 Å². The lowest BCUT2D eigenvalue weighted by Gasteiger charge is -2.11. The highest BCUT2D eigenvalue weighted by Crippen LogP contribution is 2.20. The smallest absolute Gasteiger partial charge is 0.224 e. The summed E-state index contributed by atoms with van der Waals surface area (Å²) in [7, 11) is 1.71. The lowest BCUT2D eigenvalue weighted by Crippen LogP contribution is -2.22. The second-order valence-electron chi connectivity index (χ2n) is 11.9. The second-order valence-corrected chi connectivity index (χ2v) is 11.9. The highest BCUT2D eigenvalue weighted by molar-refractivity contribution is 6.07. The fourth-order valence-electron chi connectivity index (χ4n) is 4.76. The molecule has 0 spiro atoms.